The summed E-state index contributed by atoms with van der Waals surface area (Å²) >= 11 is 0. The minimum Gasteiger partial charge on any atom is -0.475 e. The normalized spacial score (nSPS) is 11.8. The van der Waals surface area contributed by atoms with E-state index in [1.807, 2.05) is 0 Å². The molecule has 1 N–H and O–H groups in total. The quantitative estimate of drug-likeness (QED) is 0.465. The molecule has 7 heteroatoms. The Morgan fingerprint density at radius 3 is 2.56 bits per heavy atom. The van der Waals surface area contributed by atoms with E-state index in [0.717, 1.165) is 0 Å². The smallest absolute Gasteiger partial charge is 0.372 e. The van der Waals surface area contributed by atoms with E-state index < -0.39 is 29.2 Å². The summed E-state index contributed by atoms with van der Waals surface area (Å²) in [6, 6.07) is 5.74. The molecule has 1 atom stereocenters. The summed E-state index contributed by atoms with van der Waals surface area (Å²) in [5, 5.41) is 19.3. The molecule has 0 bridgehead atoms. The van der Waals surface area contributed by atoms with Crippen LogP contribution in [0.1, 0.15) is 18.1 Å². The summed E-state index contributed by atoms with van der Waals surface area (Å²) in [4.78, 5) is 31.8. The van der Waals surface area contributed by atoms with Crippen molar-refractivity contribution in [2.45, 2.75) is 12.5 Å². The van der Waals surface area contributed by atoms with Crippen LogP contribution in [0.3, 0.4) is 0 Å². The Labute approximate surface area is 102 Å². The van der Waals surface area contributed by atoms with Gasteiger partial charge in [0.1, 0.15) is 0 Å². The Hall–Kier alpha value is -2.28. The number of nitro benzene ring substituents is 1. The van der Waals surface area contributed by atoms with Crippen LogP contribution in [0, 0.1) is 10.1 Å². The maximum absolute atomic E-state index is 11.1. The lowest BCUT2D eigenvalue weighted by molar-refractivity contribution is -0.386. The molecule has 96 valence electrons. The second-order valence-corrected chi connectivity index (χ2v) is 3.47. The van der Waals surface area contributed by atoms with E-state index in [-0.39, 0.29) is 11.3 Å². The first-order chi connectivity index (χ1) is 8.47. The Bertz CT molecular complexity index is 484. The molecule has 0 aliphatic carbocycles. The summed E-state index contributed by atoms with van der Waals surface area (Å²) in [5.41, 5.74) is -0.0258. The van der Waals surface area contributed by atoms with Crippen molar-refractivity contribution >= 4 is 17.4 Å². The second kappa shape index (κ2) is 5.87. The number of ether oxygens (including phenoxy) is 1. The lowest BCUT2D eigenvalue weighted by Crippen LogP contribution is -2.17. The van der Waals surface area contributed by atoms with Gasteiger partial charge in [-0.15, -0.1) is 0 Å². The van der Waals surface area contributed by atoms with Crippen molar-refractivity contribution in [1.29, 1.82) is 0 Å². The van der Waals surface area contributed by atoms with Crippen LogP contribution in [0.2, 0.25) is 0 Å². The van der Waals surface area contributed by atoms with Crippen LogP contribution in [0.4, 0.5) is 5.69 Å². The van der Waals surface area contributed by atoms with Crippen molar-refractivity contribution in [2.75, 3.05) is 7.11 Å². The van der Waals surface area contributed by atoms with Crippen LogP contribution >= 0.6 is 0 Å². The van der Waals surface area contributed by atoms with Crippen LogP contribution in [0.15, 0.2) is 24.3 Å². The van der Waals surface area contributed by atoms with E-state index in [4.69, 9.17) is 9.84 Å². The van der Waals surface area contributed by atoms with Gasteiger partial charge in [0.05, 0.1) is 16.6 Å². The fourth-order valence-electron chi connectivity index (χ4n) is 1.50. The highest BCUT2D eigenvalue weighted by Crippen LogP contribution is 2.29. The molecule has 0 aliphatic rings. The Balaban J connectivity index is 3.05. The molecule has 0 heterocycles. The fraction of sp³-hybridized carbons (Fsp3) is 0.273. The molecular formula is C11H11NO6. The van der Waals surface area contributed by atoms with Crippen molar-refractivity contribution in [3.05, 3.63) is 39.9 Å². The third kappa shape index (κ3) is 3.11. The number of nitrogens with zero attached hydrogens (tertiary/aromatic N) is 1. The number of hydrogen-bond donors (Lipinski definition) is 1. The first kappa shape index (κ1) is 13.8. The lowest BCUT2D eigenvalue weighted by atomic mass is 10.0. The summed E-state index contributed by atoms with van der Waals surface area (Å²) in [7, 11) is 1.26. The van der Waals surface area contributed by atoms with Crippen molar-refractivity contribution in [3.8, 4) is 0 Å². The minimum atomic E-state index is -1.59. The predicted octanol–water partition coefficient (Wildman–Crippen LogP) is 1.33. The molecule has 0 amide bonds. The minimum absolute atomic E-state index is 0.180. The molecule has 0 saturated carbocycles. The van der Waals surface area contributed by atoms with Gasteiger partial charge >= 0.3 is 5.97 Å². The van der Waals surface area contributed by atoms with E-state index in [0.29, 0.717) is 0 Å². The van der Waals surface area contributed by atoms with Gasteiger partial charge in [-0.25, -0.2) is 4.79 Å². The van der Waals surface area contributed by atoms with E-state index >= 15 is 0 Å². The standard InChI is InChI=1S/C11H11NO6/c1-18-10(6-9(13)11(14)15)7-4-2-3-5-8(7)12(16)17/h2-5,10H,6H2,1H3,(H,14,15). The number of carboxylic acids is 1. The fourth-order valence-corrected chi connectivity index (χ4v) is 1.50. The van der Waals surface area contributed by atoms with Crippen molar-refractivity contribution in [3.63, 3.8) is 0 Å². The SMILES string of the molecule is COC(CC(=O)C(=O)O)c1ccccc1[N+](=O)[O-]. The zero-order valence-corrected chi connectivity index (χ0v) is 9.53. The number of carbonyl (C=O) groups excluding carboxylic acids is 1. The van der Waals surface area contributed by atoms with Crippen LogP contribution in [0.5, 0.6) is 0 Å². The number of carboxylic acid groups (broad SMARTS) is 1. The van der Waals surface area contributed by atoms with Gasteiger partial charge < -0.3 is 9.84 Å². The number of methoxy groups -OCH3 is 1. The number of hydrogen-bond acceptors (Lipinski definition) is 5. The van der Waals surface area contributed by atoms with Gasteiger partial charge in [-0.3, -0.25) is 14.9 Å². The number of ketones is 1. The Kier molecular flexibility index (Phi) is 4.50. The number of nitro groups is 1. The third-order valence-electron chi connectivity index (χ3n) is 2.37. The zero-order chi connectivity index (χ0) is 13.7. The molecule has 0 aliphatic heterocycles. The van der Waals surface area contributed by atoms with Gasteiger partial charge in [0.2, 0.25) is 5.78 Å². The van der Waals surface area contributed by atoms with Crippen LogP contribution < -0.4 is 0 Å². The highest BCUT2D eigenvalue weighted by Gasteiger charge is 2.26. The molecule has 0 radical (unpaired) electrons. The maximum Gasteiger partial charge on any atom is 0.372 e. The molecule has 18 heavy (non-hydrogen) atoms. The molecule has 0 aromatic heterocycles. The number of para-hydroxylation sites is 1. The number of Topliss-reactive ketones (excluding diaryl/α,β-unsaturated/α-hetero) is 1. The van der Waals surface area contributed by atoms with Crippen LogP contribution in [-0.4, -0.2) is 28.9 Å². The van der Waals surface area contributed by atoms with Gasteiger partial charge in [0.15, 0.2) is 0 Å². The number of aliphatic carboxylic acids is 1. The summed E-state index contributed by atoms with van der Waals surface area (Å²) < 4.78 is 4.96. The van der Waals surface area contributed by atoms with Crippen molar-refractivity contribution in [2.24, 2.45) is 0 Å². The highest BCUT2D eigenvalue weighted by molar-refractivity contribution is 6.32. The largest absolute Gasteiger partial charge is 0.475 e. The van der Waals surface area contributed by atoms with E-state index in [9.17, 15) is 19.7 Å². The van der Waals surface area contributed by atoms with Gasteiger partial charge in [-0.05, 0) is 6.07 Å². The molecule has 1 rings (SSSR count). The molecular weight excluding hydrogens is 242 g/mol. The predicted molar refractivity (Wildman–Crippen MR) is 60.1 cm³/mol. The van der Waals surface area contributed by atoms with Gasteiger partial charge in [0.25, 0.3) is 5.69 Å². The molecule has 0 spiro atoms. The molecule has 7 nitrogen and oxygen atoms in total. The second-order valence-electron chi connectivity index (χ2n) is 3.47. The summed E-state index contributed by atoms with van der Waals surface area (Å²) in [5.74, 6) is -2.64. The average molecular weight is 253 g/mol. The van der Waals surface area contributed by atoms with E-state index in [2.05, 4.69) is 0 Å². The van der Waals surface area contributed by atoms with Crippen LogP contribution in [0.25, 0.3) is 0 Å². The first-order valence-corrected chi connectivity index (χ1v) is 4.99. The Morgan fingerprint density at radius 1 is 1.44 bits per heavy atom. The maximum atomic E-state index is 11.1. The molecule has 1 unspecified atom stereocenters. The Morgan fingerprint density at radius 2 is 2.06 bits per heavy atom. The van der Waals surface area contributed by atoms with Crippen LogP contribution in [-0.2, 0) is 14.3 Å². The van der Waals surface area contributed by atoms with E-state index in [1.54, 1.807) is 6.07 Å². The molecule has 0 fully saturated rings. The number of benzene rings is 1. The van der Waals surface area contributed by atoms with E-state index in [1.165, 1.54) is 25.3 Å². The monoisotopic (exact) mass is 253 g/mol. The zero-order valence-electron chi connectivity index (χ0n) is 9.53. The van der Waals surface area contributed by atoms with Crippen molar-refractivity contribution < 1.29 is 24.4 Å². The molecule has 1 aromatic carbocycles. The highest BCUT2D eigenvalue weighted by atomic mass is 16.6. The molecule has 1 aromatic rings. The van der Waals surface area contributed by atoms with Crippen molar-refractivity contribution in [1.82, 2.24) is 0 Å². The first-order valence-electron chi connectivity index (χ1n) is 4.99. The summed E-state index contributed by atoms with van der Waals surface area (Å²) in [6.07, 6.45) is -1.40. The topological polar surface area (TPSA) is 107 Å². The number of rotatable bonds is 6. The van der Waals surface area contributed by atoms with Gasteiger partial charge in [0, 0.05) is 19.6 Å². The third-order valence-corrected chi connectivity index (χ3v) is 2.37. The number of carbonyl (C=O) groups is 2. The average Bonchev–Trinajstić information content (AvgIpc) is 2.35. The lowest BCUT2D eigenvalue weighted by Gasteiger charge is -2.13. The molecule has 0 saturated heterocycles. The summed E-state index contributed by atoms with van der Waals surface area (Å²) in [6.45, 7) is 0. The van der Waals surface area contributed by atoms with Gasteiger partial charge in [-0.1, -0.05) is 12.1 Å². The van der Waals surface area contributed by atoms with Gasteiger partial charge in [-0.2, -0.15) is 0 Å².